The Morgan fingerprint density at radius 2 is 1.10 bits per heavy atom. The van der Waals surface area contributed by atoms with Crippen LogP contribution in [0.1, 0.15) is 0 Å². The van der Waals surface area contributed by atoms with E-state index in [1.165, 1.54) is 19.6 Å². The Labute approximate surface area is 133 Å². The predicted molar refractivity (Wildman–Crippen MR) is 92.0 cm³/mol. The molecule has 0 fully saturated rings. The van der Waals surface area contributed by atoms with E-state index in [9.17, 15) is 0 Å². The standard InChI is InChI=1S/C18H15NS2/c19-14-11-12-17(20-15-7-3-1-4-8-15)18(13-14)21-16-9-5-2-6-10-16/h1-13H,19H2. The second-order valence-corrected chi connectivity index (χ2v) is 6.77. The number of nitrogens with two attached hydrogens (primary N) is 1. The molecule has 0 amide bonds. The van der Waals surface area contributed by atoms with Crippen molar-refractivity contribution in [1.29, 1.82) is 0 Å². The van der Waals surface area contributed by atoms with Crippen LogP contribution in [0.4, 0.5) is 5.69 Å². The number of rotatable bonds is 4. The van der Waals surface area contributed by atoms with Crippen molar-refractivity contribution in [3.8, 4) is 0 Å². The summed E-state index contributed by atoms with van der Waals surface area (Å²) < 4.78 is 0. The number of hydrogen-bond acceptors (Lipinski definition) is 3. The summed E-state index contributed by atoms with van der Waals surface area (Å²) in [6, 6.07) is 26.9. The van der Waals surface area contributed by atoms with Gasteiger partial charge in [-0.2, -0.15) is 0 Å². The van der Waals surface area contributed by atoms with Crippen molar-refractivity contribution in [3.05, 3.63) is 78.9 Å². The third kappa shape index (κ3) is 3.84. The number of benzene rings is 3. The van der Waals surface area contributed by atoms with Gasteiger partial charge in [0.15, 0.2) is 0 Å². The lowest BCUT2D eigenvalue weighted by atomic mass is 10.3. The van der Waals surface area contributed by atoms with Crippen molar-refractivity contribution < 1.29 is 0 Å². The Bertz CT molecular complexity index is 712. The molecule has 0 aliphatic heterocycles. The van der Waals surface area contributed by atoms with Gasteiger partial charge in [0.2, 0.25) is 0 Å². The molecule has 3 aromatic rings. The van der Waals surface area contributed by atoms with Gasteiger partial charge < -0.3 is 5.73 Å². The maximum atomic E-state index is 5.95. The van der Waals surface area contributed by atoms with E-state index >= 15 is 0 Å². The van der Waals surface area contributed by atoms with Gasteiger partial charge in [0.1, 0.15) is 0 Å². The fourth-order valence-corrected chi connectivity index (χ4v) is 3.92. The monoisotopic (exact) mass is 309 g/mol. The highest BCUT2D eigenvalue weighted by molar-refractivity contribution is 8.02. The van der Waals surface area contributed by atoms with Gasteiger partial charge in [-0.15, -0.1) is 0 Å². The topological polar surface area (TPSA) is 26.0 Å². The first kappa shape index (κ1) is 14.1. The van der Waals surface area contributed by atoms with Crippen molar-refractivity contribution in [2.75, 3.05) is 5.73 Å². The van der Waals surface area contributed by atoms with Crippen molar-refractivity contribution >= 4 is 29.2 Å². The minimum absolute atomic E-state index is 0.797. The average Bonchev–Trinajstić information content (AvgIpc) is 2.52. The summed E-state index contributed by atoms with van der Waals surface area (Å²) in [5.41, 5.74) is 6.75. The van der Waals surface area contributed by atoms with E-state index in [-0.39, 0.29) is 0 Å². The van der Waals surface area contributed by atoms with E-state index in [0.29, 0.717) is 0 Å². The van der Waals surface area contributed by atoms with Crippen LogP contribution in [-0.2, 0) is 0 Å². The lowest BCUT2D eigenvalue weighted by Crippen LogP contribution is -1.87. The van der Waals surface area contributed by atoms with Crippen LogP contribution < -0.4 is 5.73 Å². The molecule has 0 atom stereocenters. The van der Waals surface area contributed by atoms with Crippen LogP contribution in [0.25, 0.3) is 0 Å². The molecule has 3 aromatic carbocycles. The zero-order chi connectivity index (χ0) is 14.5. The van der Waals surface area contributed by atoms with Gasteiger partial charge in [-0.25, -0.2) is 0 Å². The molecule has 0 radical (unpaired) electrons. The molecule has 1 nitrogen and oxygen atoms in total. The van der Waals surface area contributed by atoms with E-state index in [0.717, 1.165) is 5.69 Å². The van der Waals surface area contributed by atoms with E-state index in [1.54, 1.807) is 23.5 Å². The molecule has 0 saturated carbocycles. The smallest absolute Gasteiger partial charge is 0.0326 e. The molecular formula is C18H15NS2. The molecule has 21 heavy (non-hydrogen) atoms. The summed E-state index contributed by atoms with van der Waals surface area (Å²) in [6.07, 6.45) is 0. The van der Waals surface area contributed by atoms with Crippen LogP contribution in [0, 0.1) is 0 Å². The Kier molecular flexibility index (Phi) is 4.53. The van der Waals surface area contributed by atoms with Gasteiger partial charge in [0.25, 0.3) is 0 Å². The Hall–Kier alpha value is -1.84. The molecular weight excluding hydrogens is 294 g/mol. The molecule has 3 heteroatoms. The quantitative estimate of drug-likeness (QED) is 0.638. The summed E-state index contributed by atoms with van der Waals surface area (Å²) in [5, 5.41) is 0. The fourth-order valence-electron chi connectivity index (χ4n) is 1.92. The SMILES string of the molecule is Nc1ccc(Sc2ccccc2)c(Sc2ccccc2)c1. The normalized spacial score (nSPS) is 10.5. The van der Waals surface area contributed by atoms with Crippen molar-refractivity contribution in [3.63, 3.8) is 0 Å². The molecule has 104 valence electrons. The van der Waals surface area contributed by atoms with Crippen LogP contribution in [0.2, 0.25) is 0 Å². The van der Waals surface area contributed by atoms with Crippen LogP contribution in [-0.4, -0.2) is 0 Å². The second-order valence-electron chi connectivity index (χ2n) is 4.54. The first-order valence-electron chi connectivity index (χ1n) is 6.66. The molecule has 0 aliphatic carbocycles. The minimum atomic E-state index is 0.797. The largest absolute Gasteiger partial charge is 0.399 e. The van der Waals surface area contributed by atoms with Gasteiger partial charge in [0.05, 0.1) is 0 Å². The Balaban J connectivity index is 1.90. The van der Waals surface area contributed by atoms with Crippen LogP contribution in [0.5, 0.6) is 0 Å². The zero-order valence-electron chi connectivity index (χ0n) is 11.4. The molecule has 0 aliphatic rings. The third-order valence-electron chi connectivity index (χ3n) is 2.91. The molecule has 0 unspecified atom stereocenters. The molecule has 0 aromatic heterocycles. The van der Waals surface area contributed by atoms with Gasteiger partial charge in [-0.05, 0) is 42.5 Å². The van der Waals surface area contributed by atoms with Gasteiger partial charge >= 0.3 is 0 Å². The fraction of sp³-hybridized carbons (Fsp3) is 0. The molecule has 0 bridgehead atoms. The van der Waals surface area contributed by atoms with Crippen molar-refractivity contribution in [2.24, 2.45) is 0 Å². The molecule has 0 spiro atoms. The molecule has 3 rings (SSSR count). The van der Waals surface area contributed by atoms with E-state index in [2.05, 4.69) is 54.6 Å². The first-order chi connectivity index (χ1) is 10.3. The summed E-state index contributed by atoms with van der Waals surface area (Å²) in [7, 11) is 0. The summed E-state index contributed by atoms with van der Waals surface area (Å²) in [6.45, 7) is 0. The molecule has 2 N–H and O–H groups in total. The third-order valence-corrected chi connectivity index (χ3v) is 5.19. The average molecular weight is 309 g/mol. The lowest BCUT2D eigenvalue weighted by Gasteiger charge is -2.10. The van der Waals surface area contributed by atoms with E-state index in [4.69, 9.17) is 5.73 Å². The maximum Gasteiger partial charge on any atom is 0.0326 e. The number of hydrogen-bond donors (Lipinski definition) is 1. The minimum Gasteiger partial charge on any atom is -0.399 e. The van der Waals surface area contributed by atoms with Gasteiger partial charge in [0, 0.05) is 25.3 Å². The van der Waals surface area contributed by atoms with Crippen LogP contribution >= 0.6 is 23.5 Å². The number of anilines is 1. The summed E-state index contributed by atoms with van der Waals surface area (Å²) in [4.78, 5) is 4.87. The number of nitrogen functional groups attached to an aromatic ring is 1. The van der Waals surface area contributed by atoms with E-state index in [1.807, 2.05) is 24.3 Å². The zero-order valence-corrected chi connectivity index (χ0v) is 13.0. The summed E-state index contributed by atoms with van der Waals surface area (Å²) >= 11 is 3.51. The van der Waals surface area contributed by atoms with Crippen LogP contribution in [0.3, 0.4) is 0 Å². The predicted octanol–water partition coefficient (Wildman–Crippen LogP) is 5.57. The second kappa shape index (κ2) is 6.74. The Morgan fingerprint density at radius 1 is 0.571 bits per heavy atom. The highest BCUT2D eigenvalue weighted by Gasteiger charge is 2.07. The molecule has 0 heterocycles. The maximum absolute atomic E-state index is 5.95. The molecule has 0 saturated heterocycles. The highest BCUT2D eigenvalue weighted by atomic mass is 32.2. The Morgan fingerprint density at radius 3 is 1.67 bits per heavy atom. The summed E-state index contributed by atoms with van der Waals surface area (Å²) in [5.74, 6) is 0. The van der Waals surface area contributed by atoms with E-state index < -0.39 is 0 Å². The van der Waals surface area contributed by atoms with Gasteiger partial charge in [-0.1, -0.05) is 59.9 Å². The lowest BCUT2D eigenvalue weighted by molar-refractivity contribution is 1.24. The van der Waals surface area contributed by atoms with Crippen molar-refractivity contribution in [2.45, 2.75) is 19.6 Å². The van der Waals surface area contributed by atoms with Crippen molar-refractivity contribution in [1.82, 2.24) is 0 Å². The first-order valence-corrected chi connectivity index (χ1v) is 8.30. The highest BCUT2D eigenvalue weighted by Crippen LogP contribution is 2.39. The van der Waals surface area contributed by atoms with Gasteiger partial charge in [-0.3, -0.25) is 0 Å². The van der Waals surface area contributed by atoms with Crippen LogP contribution in [0.15, 0.2) is 98.4 Å².